The van der Waals surface area contributed by atoms with Crippen LogP contribution in [0.1, 0.15) is 18.0 Å². The maximum Gasteiger partial charge on any atom is 0.223 e. The van der Waals surface area contributed by atoms with Gasteiger partial charge in [-0.1, -0.05) is 0 Å². The van der Waals surface area contributed by atoms with Gasteiger partial charge in [0.05, 0.1) is 6.04 Å². The van der Waals surface area contributed by atoms with Crippen molar-refractivity contribution >= 4 is 11.6 Å². The van der Waals surface area contributed by atoms with E-state index in [0.717, 1.165) is 17.8 Å². The van der Waals surface area contributed by atoms with Crippen LogP contribution < -0.4 is 5.32 Å². The fraction of sp³-hybridized carbons (Fsp3) is 0.417. The van der Waals surface area contributed by atoms with Gasteiger partial charge in [-0.2, -0.15) is 0 Å². The molecule has 0 saturated carbocycles. The van der Waals surface area contributed by atoms with E-state index < -0.39 is 0 Å². The van der Waals surface area contributed by atoms with Gasteiger partial charge in [-0.3, -0.25) is 4.79 Å². The van der Waals surface area contributed by atoms with Gasteiger partial charge in [-0.05, 0) is 18.2 Å². The zero-order valence-corrected chi connectivity index (χ0v) is 9.03. The van der Waals surface area contributed by atoms with Crippen LogP contribution >= 0.6 is 0 Å². The molecular weight excluding hydrogens is 207 g/mol. The Kier molecular flexibility index (Phi) is 1.93. The molecule has 1 aromatic rings. The third kappa shape index (κ3) is 1.22. The number of likely N-dealkylation sites (tertiary alicyclic amines) is 1. The second kappa shape index (κ2) is 3.20. The number of nitrogens with one attached hydrogen (secondary N) is 1. The van der Waals surface area contributed by atoms with Gasteiger partial charge >= 0.3 is 0 Å². The van der Waals surface area contributed by atoms with Crippen LogP contribution in [-0.2, 0) is 4.79 Å². The van der Waals surface area contributed by atoms with Crippen LogP contribution in [0.15, 0.2) is 18.2 Å². The summed E-state index contributed by atoms with van der Waals surface area (Å²) in [5.74, 6) is 0.176. The minimum absolute atomic E-state index is 0.0412. The first-order valence-electron chi connectivity index (χ1n) is 5.46. The third-order valence-corrected chi connectivity index (χ3v) is 3.58. The number of fused-ring (bicyclic) bond motifs is 3. The van der Waals surface area contributed by atoms with Gasteiger partial charge in [0.2, 0.25) is 5.91 Å². The van der Waals surface area contributed by atoms with Crippen LogP contribution in [0, 0.1) is 11.7 Å². The summed E-state index contributed by atoms with van der Waals surface area (Å²) in [5, 5.41) is 3.26. The molecule has 0 bridgehead atoms. The lowest BCUT2D eigenvalue weighted by atomic mass is 9.89. The van der Waals surface area contributed by atoms with Gasteiger partial charge in [0.1, 0.15) is 5.82 Å². The van der Waals surface area contributed by atoms with E-state index >= 15 is 0 Å². The van der Waals surface area contributed by atoms with Crippen molar-refractivity contribution in [3.8, 4) is 0 Å². The highest BCUT2D eigenvalue weighted by atomic mass is 19.1. The van der Waals surface area contributed by atoms with E-state index in [1.807, 2.05) is 0 Å². The Balaban J connectivity index is 2.10. The molecule has 3 nitrogen and oxygen atoms in total. The quantitative estimate of drug-likeness (QED) is 0.722. The summed E-state index contributed by atoms with van der Waals surface area (Å²) in [6, 6.07) is 4.77. The van der Waals surface area contributed by atoms with Gasteiger partial charge in [0.25, 0.3) is 0 Å². The predicted octanol–water partition coefficient (Wildman–Crippen LogP) is 1.77. The molecule has 0 radical (unpaired) electrons. The van der Waals surface area contributed by atoms with Crippen LogP contribution in [0.25, 0.3) is 0 Å². The number of hydrogen-bond acceptors (Lipinski definition) is 2. The van der Waals surface area contributed by atoms with Crippen LogP contribution in [-0.4, -0.2) is 24.4 Å². The van der Waals surface area contributed by atoms with E-state index in [1.165, 1.54) is 12.1 Å². The molecule has 2 aliphatic heterocycles. The average Bonchev–Trinajstić information content (AvgIpc) is 2.55. The summed E-state index contributed by atoms with van der Waals surface area (Å²) in [7, 11) is 1.80. The normalized spacial score (nSPS) is 27.4. The lowest BCUT2D eigenvalue weighted by Crippen LogP contribution is -2.31. The molecule has 2 atom stereocenters. The zero-order valence-electron chi connectivity index (χ0n) is 9.03. The molecule has 4 heteroatoms. The SMILES string of the molecule is CN1C(=O)CC2CNc3ccc(F)cc3C21. The van der Waals surface area contributed by atoms with Crippen molar-refractivity contribution in [1.29, 1.82) is 0 Å². The molecule has 2 heterocycles. The molecule has 1 aromatic carbocycles. The highest BCUT2D eigenvalue weighted by molar-refractivity contribution is 5.80. The smallest absolute Gasteiger partial charge is 0.223 e. The molecule has 1 N–H and O–H groups in total. The number of carbonyl (C=O) groups is 1. The summed E-state index contributed by atoms with van der Waals surface area (Å²) in [6.07, 6.45) is 0.560. The summed E-state index contributed by atoms with van der Waals surface area (Å²) >= 11 is 0. The number of nitrogens with zero attached hydrogens (tertiary/aromatic N) is 1. The maximum absolute atomic E-state index is 13.2. The Morgan fingerprint density at radius 3 is 3.12 bits per heavy atom. The fourth-order valence-electron chi connectivity index (χ4n) is 2.78. The molecule has 2 aliphatic rings. The number of halogens is 1. The van der Waals surface area contributed by atoms with Crippen molar-refractivity contribution in [2.45, 2.75) is 12.5 Å². The van der Waals surface area contributed by atoms with E-state index in [2.05, 4.69) is 5.32 Å². The third-order valence-electron chi connectivity index (χ3n) is 3.58. The first-order chi connectivity index (χ1) is 7.66. The van der Waals surface area contributed by atoms with Crippen LogP contribution in [0.2, 0.25) is 0 Å². The Bertz CT molecular complexity index is 460. The number of rotatable bonds is 0. The Morgan fingerprint density at radius 1 is 1.50 bits per heavy atom. The number of anilines is 1. The van der Waals surface area contributed by atoms with E-state index in [0.29, 0.717) is 6.42 Å². The Hall–Kier alpha value is -1.58. The summed E-state index contributed by atoms with van der Waals surface area (Å²) in [6.45, 7) is 0.791. The fourth-order valence-corrected chi connectivity index (χ4v) is 2.78. The average molecular weight is 220 g/mol. The first kappa shape index (κ1) is 9.63. The van der Waals surface area contributed by atoms with E-state index in [4.69, 9.17) is 0 Å². The van der Waals surface area contributed by atoms with Crippen LogP contribution in [0.5, 0.6) is 0 Å². The second-order valence-corrected chi connectivity index (χ2v) is 4.53. The highest BCUT2D eigenvalue weighted by Crippen LogP contribution is 2.43. The summed E-state index contributed by atoms with van der Waals surface area (Å²) < 4.78 is 13.2. The highest BCUT2D eigenvalue weighted by Gasteiger charge is 2.41. The zero-order chi connectivity index (χ0) is 11.3. The van der Waals surface area contributed by atoms with Crippen molar-refractivity contribution in [2.24, 2.45) is 5.92 Å². The number of benzene rings is 1. The second-order valence-electron chi connectivity index (χ2n) is 4.53. The largest absolute Gasteiger partial charge is 0.384 e. The molecule has 1 fully saturated rings. The van der Waals surface area contributed by atoms with Crippen LogP contribution in [0.3, 0.4) is 0 Å². The van der Waals surface area contributed by atoms with Crippen molar-refractivity contribution < 1.29 is 9.18 Å². The predicted molar refractivity (Wildman–Crippen MR) is 58.5 cm³/mol. The van der Waals surface area contributed by atoms with Gasteiger partial charge in [-0.15, -0.1) is 0 Å². The standard InChI is InChI=1S/C12H13FN2O/c1-15-11(16)4-7-6-14-10-3-2-8(13)5-9(10)12(7)15/h2-3,5,7,12,14H,4,6H2,1H3. The number of amides is 1. The van der Waals surface area contributed by atoms with E-state index in [9.17, 15) is 9.18 Å². The lowest BCUT2D eigenvalue weighted by molar-refractivity contribution is -0.127. The Labute approximate surface area is 93.2 Å². The Morgan fingerprint density at radius 2 is 2.31 bits per heavy atom. The molecule has 1 saturated heterocycles. The van der Waals surface area contributed by atoms with Crippen LogP contribution in [0.4, 0.5) is 10.1 Å². The van der Waals surface area contributed by atoms with E-state index in [1.54, 1.807) is 18.0 Å². The van der Waals surface area contributed by atoms with Crippen molar-refractivity contribution in [1.82, 2.24) is 4.90 Å². The molecule has 16 heavy (non-hydrogen) atoms. The number of hydrogen-bond donors (Lipinski definition) is 1. The molecule has 0 aromatic heterocycles. The molecule has 84 valence electrons. The minimum atomic E-state index is -0.242. The minimum Gasteiger partial charge on any atom is -0.384 e. The molecular formula is C12H13FN2O. The molecule has 1 amide bonds. The maximum atomic E-state index is 13.2. The monoisotopic (exact) mass is 220 g/mol. The topological polar surface area (TPSA) is 32.3 Å². The molecule has 0 aliphatic carbocycles. The van der Waals surface area contributed by atoms with E-state index in [-0.39, 0.29) is 23.7 Å². The summed E-state index contributed by atoms with van der Waals surface area (Å²) in [5.41, 5.74) is 1.86. The van der Waals surface area contributed by atoms with Gasteiger partial charge in [0.15, 0.2) is 0 Å². The van der Waals surface area contributed by atoms with Crippen molar-refractivity contribution in [3.63, 3.8) is 0 Å². The molecule has 2 unspecified atom stereocenters. The van der Waals surface area contributed by atoms with Gasteiger partial charge < -0.3 is 10.2 Å². The van der Waals surface area contributed by atoms with Crippen molar-refractivity contribution in [3.05, 3.63) is 29.6 Å². The van der Waals surface area contributed by atoms with Crippen molar-refractivity contribution in [2.75, 3.05) is 18.9 Å². The molecule has 0 spiro atoms. The summed E-state index contributed by atoms with van der Waals surface area (Å²) in [4.78, 5) is 13.4. The first-order valence-corrected chi connectivity index (χ1v) is 5.46. The molecule has 3 rings (SSSR count). The lowest BCUT2D eigenvalue weighted by Gasteiger charge is -2.32. The van der Waals surface area contributed by atoms with Gasteiger partial charge in [0, 0.05) is 37.2 Å². The number of carbonyl (C=O) groups excluding carboxylic acids is 1. The van der Waals surface area contributed by atoms with Gasteiger partial charge in [-0.25, -0.2) is 4.39 Å².